The van der Waals surface area contributed by atoms with Gasteiger partial charge in [0.1, 0.15) is 0 Å². The van der Waals surface area contributed by atoms with Crippen LogP contribution in [-0.4, -0.2) is 37.0 Å². The lowest BCUT2D eigenvalue weighted by molar-refractivity contribution is -0.144. The highest BCUT2D eigenvalue weighted by molar-refractivity contribution is 5.92. The number of ether oxygens (including phenoxy) is 1. The van der Waals surface area contributed by atoms with Crippen LogP contribution < -0.4 is 5.73 Å². The molecule has 0 aliphatic rings. The normalized spacial score (nSPS) is 10.4. The summed E-state index contributed by atoms with van der Waals surface area (Å²) in [6, 6.07) is 7.04. The number of amides is 1. The molecule has 18 heavy (non-hydrogen) atoms. The maximum absolute atomic E-state index is 11.3. The first-order chi connectivity index (χ1) is 8.52. The van der Waals surface area contributed by atoms with Crippen LogP contribution >= 0.6 is 0 Å². The van der Waals surface area contributed by atoms with Crippen molar-refractivity contribution in [2.75, 3.05) is 20.2 Å². The maximum Gasteiger partial charge on any atom is 0.320 e. The number of benzene rings is 1. The maximum atomic E-state index is 11.3. The SMILES string of the molecule is CCOC(=O)CN(C)Cc1cccc(C(N)=O)c1. The lowest BCUT2D eigenvalue weighted by Gasteiger charge is -2.15. The molecule has 0 spiro atoms. The molecule has 1 rings (SSSR count). The fourth-order valence-electron chi connectivity index (χ4n) is 1.62. The van der Waals surface area contributed by atoms with Crippen molar-refractivity contribution >= 4 is 11.9 Å². The summed E-state index contributed by atoms with van der Waals surface area (Å²) >= 11 is 0. The number of nitrogens with two attached hydrogens (primary N) is 1. The van der Waals surface area contributed by atoms with E-state index in [0.29, 0.717) is 18.7 Å². The molecule has 98 valence electrons. The largest absolute Gasteiger partial charge is 0.465 e. The Hall–Kier alpha value is -1.88. The zero-order valence-electron chi connectivity index (χ0n) is 10.7. The summed E-state index contributed by atoms with van der Waals surface area (Å²) in [6.07, 6.45) is 0. The number of esters is 1. The molecule has 1 amide bonds. The second kappa shape index (κ2) is 6.76. The van der Waals surface area contributed by atoms with Gasteiger partial charge in [0.05, 0.1) is 13.2 Å². The predicted octanol–water partition coefficient (Wildman–Crippen LogP) is 0.780. The van der Waals surface area contributed by atoms with E-state index in [9.17, 15) is 9.59 Å². The van der Waals surface area contributed by atoms with E-state index < -0.39 is 5.91 Å². The van der Waals surface area contributed by atoms with Crippen molar-refractivity contribution in [3.8, 4) is 0 Å². The molecular weight excluding hydrogens is 232 g/mol. The minimum absolute atomic E-state index is 0.217. The van der Waals surface area contributed by atoms with E-state index in [0.717, 1.165) is 5.56 Å². The van der Waals surface area contributed by atoms with E-state index in [-0.39, 0.29) is 12.5 Å². The number of rotatable bonds is 6. The Morgan fingerprint density at radius 3 is 2.72 bits per heavy atom. The Kier molecular flexibility index (Phi) is 5.32. The van der Waals surface area contributed by atoms with Gasteiger partial charge in [-0.25, -0.2) is 0 Å². The summed E-state index contributed by atoms with van der Waals surface area (Å²) < 4.78 is 4.86. The summed E-state index contributed by atoms with van der Waals surface area (Å²) in [7, 11) is 1.81. The van der Waals surface area contributed by atoms with E-state index in [4.69, 9.17) is 10.5 Å². The van der Waals surface area contributed by atoms with Gasteiger partial charge in [-0.3, -0.25) is 14.5 Å². The van der Waals surface area contributed by atoms with Crippen LogP contribution in [0.25, 0.3) is 0 Å². The van der Waals surface area contributed by atoms with Crippen LogP contribution in [0, 0.1) is 0 Å². The van der Waals surface area contributed by atoms with E-state index in [2.05, 4.69) is 0 Å². The van der Waals surface area contributed by atoms with Crippen LogP contribution in [0.3, 0.4) is 0 Å². The number of hydrogen-bond donors (Lipinski definition) is 1. The van der Waals surface area contributed by atoms with Gasteiger partial charge in [0, 0.05) is 12.1 Å². The summed E-state index contributed by atoms with van der Waals surface area (Å²) in [5.41, 5.74) is 6.61. The van der Waals surface area contributed by atoms with Crippen molar-refractivity contribution in [3.63, 3.8) is 0 Å². The molecule has 0 atom stereocenters. The Balaban J connectivity index is 2.58. The van der Waals surface area contributed by atoms with Crippen molar-refractivity contribution in [2.24, 2.45) is 5.73 Å². The Morgan fingerprint density at radius 1 is 1.39 bits per heavy atom. The zero-order valence-corrected chi connectivity index (χ0v) is 10.7. The first-order valence-electron chi connectivity index (χ1n) is 5.75. The molecule has 0 bridgehead atoms. The van der Waals surface area contributed by atoms with Gasteiger partial charge in [-0.1, -0.05) is 12.1 Å². The number of nitrogens with zero attached hydrogens (tertiary/aromatic N) is 1. The van der Waals surface area contributed by atoms with Crippen LogP contribution in [0.15, 0.2) is 24.3 Å². The van der Waals surface area contributed by atoms with Crippen molar-refractivity contribution in [2.45, 2.75) is 13.5 Å². The molecule has 0 aliphatic carbocycles. The smallest absolute Gasteiger partial charge is 0.320 e. The molecule has 0 aliphatic heterocycles. The third-order valence-electron chi connectivity index (χ3n) is 2.37. The molecule has 0 saturated heterocycles. The Bertz CT molecular complexity index is 432. The van der Waals surface area contributed by atoms with E-state index in [1.807, 2.05) is 18.0 Å². The number of primary amides is 1. The van der Waals surface area contributed by atoms with Gasteiger partial charge >= 0.3 is 5.97 Å². The van der Waals surface area contributed by atoms with E-state index in [1.165, 1.54) is 0 Å². The highest BCUT2D eigenvalue weighted by Gasteiger charge is 2.08. The molecule has 0 saturated carbocycles. The summed E-state index contributed by atoms with van der Waals surface area (Å²) in [5, 5.41) is 0. The molecule has 1 aromatic rings. The Labute approximate surface area is 107 Å². The van der Waals surface area contributed by atoms with Gasteiger partial charge in [0.25, 0.3) is 0 Å². The summed E-state index contributed by atoms with van der Waals surface area (Å²) in [6.45, 7) is 2.92. The third-order valence-corrected chi connectivity index (χ3v) is 2.37. The molecule has 0 radical (unpaired) electrons. The molecule has 0 unspecified atom stereocenters. The molecule has 0 aromatic heterocycles. The first kappa shape index (κ1) is 14.2. The van der Waals surface area contributed by atoms with Crippen LogP contribution in [-0.2, 0) is 16.1 Å². The van der Waals surface area contributed by atoms with Crippen molar-refractivity contribution in [1.82, 2.24) is 4.90 Å². The van der Waals surface area contributed by atoms with Crippen LogP contribution in [0.5, 0.6) is 0 Å². The quantitative estimate of drug-likeness (QED) is 0.757. The molecule has 2 N–H and O–H groups in total. The number of likely N-dealkylation sites (N-methyl/N-ethyl adjacent to an activating group) is 1. The van der Waals surface area contributed by atoms with Crippen molar-refractivity contribution in [1.29, 1.82) is 0 Å². The van der Waals surface area contributed by atoms with E-state index in [1.54, 1.807) is 25.1 Å². The van der Waals surface area contributed by atoms with E-state index >= 15 is 0 Å². The molecule has 0 fully saturated rings. The van der Waals surface area contributed by atoms with Crippen molar-refractivity contribution < 1.29 is 14.3 Å². The van der Waals surface area contributed by atoms with Gasteiger partial charge < -0.3 is 10.5 Å². The highest BCUT2D eigenvalue weighted by atomic mass is 16.5. The predicted molar refractivity (Wildman–Crippen MR) is 67.9 cm³/mol. The second-order valence-corrected chi connectivity index (χ2v) is 4.04. The minimum Gasteiger partial charge on any atom is -0.465 e. The molecule has 1 aromatic carbocycles. The van der Waals surface area contributed by atoms with Crippen LogP contribution in [0.1, 0.15) is 22.8 Å². The minimum atomic E-state index is -0.454. The first-order valence-corrected chi connectivity index (χ1v) is 5.75. The number of hydrogen-bond acceptors (Lipinski definition) is 4. The lowest BCUT2D eigenvalue weighted by Crippen LogP contribution is -2.27. The van der Waals surface area contributed by atoms with Crippen LogP contribution in [0.2, 0.25) is 0 Å². The topological polar surface area (TPSA) is 72.6 Å². The zero-order chi connectivity index (χ0) is 13.5. The van der Waals surface area contributed by atoms with Gasteiger partial charge in [-0.2, -0.15) is 0 Å². The Morgan fingerprint density at radius 2 is 2.11 bits per heavy atom. The molecule has 0 heterocycles. The fourth-order valence-corrected chi connectivity index (χ4v) is 1.62. The summed E-state index contributed by atoms with van der Waals surface area (Å²) in [4.78, 5) is 24.1. The van der Waals surface area contributed by atoms with Gasteiger partial charge in [-0.15, -0.1) is 0 Å². The van der Waals surface area contributed by atoms with Crippen LogP contribution in [0.4, 0.5) is 0 Å². The molecule has 5 heteroatoms. The average molecular weight is 250 g/mol. The highest BCUT2D eigenvalue weighted by Crippen LogP contribution is 2.07. The monoisotopic (exact) mass is 250 g/mol. The lowest BCUT2D eigenvalue weighted by atomic mass is 10.1. The summed E-state index contributed by atoms with van der Waals surface area (Å²) in [5.74, 6) is -0.712. The standard InChI is InChI=1S/C13H18N2O3/c1-3-18-12(16)9-15(2)8-10-5-4-6-11(7-10)13(14)17/h4-7H,3,8-9H2,1-2H3,(H2,14,17). The van der Waals surface area contributed by atoms with Gasteiger partial charge in [-0.05, 0) is 31.7 Å². The average Bonchev–Trinajstić information content (AvgIpc) is 2.29. The molecular formula is C13H18N2O3. The van der Waals surface area contributed by atoms with Crippen molar-refractivity contribution in [3.05, 3.63) is 35.4 Å². The number of carbonyl (C=O) groups excluding carboxylic acids is 2. The number of carbonyl (C=O) groups is 2. The van der Waals surface area contributed by atoms with Gasteiger partial charge in [0.2, 0.25) is 5.91 Å². The molecule has 5 nitrogen and oxygen atoms in total. The third kappa shape index (κ3) is 4.55. The fraction of sp³-hybridized carbons (Fsp3) is 0.385. The second-order valence-electron chi connectivity index (χ2n) is 4.04. The van der Waals surface area contributed by atoms with Gasteiger partial charge in [0.15, 0.2) is 0 Å².